The highest BCUT2D eigenvalue weighted by atomic mass is 16.6. The monoisotopic (exact) mass is 1010 g/mol. The van der Waals surface area contributed by atoms with E-state index in [0.29, 0.717) is 19.3 Å². The van der Waals surface area contributed by atoms with Gasteiger partial charge in [-0.2, -0.15) is 0 Å². The van der Waals surface area contributed by atoms with Crippen LogP contribution < -0.4 is 0 Å². The minimum atomic E-state index is -0.773. The number of carbonyl (C=O) groups is 3. The lowest BCUT2D eigenvalue weighted by Crippen LogP contribution is -2.30. The Labute approximate surface area is 449 Å². The van der Waals surface area contributed by atoms with E-state index >= 15 is 0 Å². The first-order valence-electron chi connectivity index (χ1n) is 32.3. The first-order valence-corrected chi connectivity index (χ1v) is 32.3. The van der Waals surface area contributed by atoms with E-state index in [4.69, 9.17) is 14.2 Å². The summed E-state index contributed by atoms with van der Waals surface area (Å²) in [4.78, 5) is 38.3. The zero-order chi connectivity index (χ0) is 52.2. The van der Waals surface area contributed by atoms with E-state index in [1.807, 2.05) is 0 Å². The fraction of sp³-hybridized carbons (Fsp3) is 0.894. The van der Waals surface area contributed by atoms with Gasteiger partial charge in [-0.1, -0.05) is 315 Å². The van der Waals surface area contributed by atoms with Gasteiger partial charge in [0.1, 0.15) is 13.2 Å². The van der Waals surface area contributed by atoms with Crippen molar-refractivity contribution >= 4 is 17.9 Å². The molecule has 0 heterocycles. The predicted molar refractivity (Wildman–Crippen MR) is 312 cm³/mol. The van der Waals surface area contributed by atoms with Crippen LogP contribution in [-0.4, -0.2) is 37.2 Å². The number of allylic oxidation sites excluding steroid dienone is 4. The van der Waals surface area contributed by atoms with Crippen LogP contribution in [0, 0.1) is 0 Å². The third kappa shape index (κ3) is 58.8. The summed E-state index contributed by atoms with van der Waals surface area (Å²) in [5, 5.41) is 0. The number of esters is 3. The first kappa shape index (κ1) is 69.9. The molecule has 0 fully saturated rings. The van der Waals surface area contributed by atoms with Crippen LogP contribution in [0.25, 0.3) is 0 Å². The molecule has 0 radical (unpaired) electrons. The molecule has 0 amide bonds. The molecule has 0 aromatic carbocycles. The Morgan fingerprint density at radius 2 is 0.500 bits per heavy atom. The van der Waals surface area contributed by atoms with Crippen molar-refractivity contribution in [3.63, 3.8) is 0 Å². The lowest BCUT2D eigenvalue weighted by Gasteiger charge is -2.18. The van der Waals surface area contributed by atoms with Gasteiger partial charge < -0.3 is 14.2 Å². The SMILES string of the molecule is CCCCC/C=C\C/C=C\CCCCCCCC(=O)OCC(COC(=O)CCCCCCCCCCCCCCCCCCCCCC)OC(=O)CCCCCCCCCCCCCCCCCCCCC. The van der Waals surface area contributed by atoms with Crippen LogP contribution in [0.3, 0.4) is 0 Å². The molecule has 0 aromatic heterocycles. The second-order valence-electron chi connectivity index (χ2n) is 22.0. The van der Waals surface area contributed by atoms with Crippen LogP contribution in [0.15, 0.2) is 24.3 Å². The summed E-state index contributed by atoms with van der Waals surface area (Å²) in [5.41, 5.74) is 0. The average molecular weight is 1010 g/mol. The van der Waals surface area contributed by atoms with E-state index in [1.54, 1.807) is 0 Å². The van der Waals surface area contributed by atoms with Crippen molar-refractivity contribution in [1.29, 1.82) is 0 Å². The van der Waals surface area contributed by atoms with Crippen LogP contribution in [0.4, 0.5) is 0 Å². The molecule has 1 atom stereocenters. The van der Waals surface area contributed by atoms with Gasteiger partial charge in [-0.05, 0) is 51.4 Å². The highest BCUT2D eigenvalue weighted by molar-refractivity contribution is 5.71. The molecular formula is C66H124O6. The van der Waals surface area contributed by atoms with Gasteiger partial charge in [0.25, 0.3) is 0 Å². The average Bonchev–Trinajstić information content (AvgIpc) is 3.38. The second kappa shape index (κ2) is 61.4. The Morgan fingerprint density at radius 3 is 0.792 bits per heavy atom. The Balaban J connectivity index is 4.30. The van der Waals surface area contributed by atoms with Gasteiger partial charge in [0, 0.05) is 19.3 Å². The van der Waals surface area contributed by atoms with Crippen molar-refractivity contribution in [1.82, 2.24) is 0 Å². The topological polar surface area (TPSA) is 78.9 Å². The zero-order valence-corrected chi connectivity index (χ0v) is 48.7. The Morgan fingerprint density at radius 1 is 0.278 bits per heavy atom. The van der Waals surface area contributed by atoms with E-state index in [9.17, 15) is 14.4 Å². The smallest absolute Gasteiger partial charge is 0.306 e. The summed E-state index contributed by atoms with van der Waals surface area (Å²) in [6.07, 6.45) is 73.3. The molecule has 424 valence electrons. The molecule has 0 aliphatic heterocycles. The maximum absolute atomic E-state index is 12.9. The van der Waals surface area contributed by atoms with Crippen LogP contribution in [0.2, 0.25) is 0 Å². The van der Waals surface area contributed by atoms with Gasteiger partial charge in [-0.3, -0.25) is 14.4 Å². The van der Waals surface area contributed by atoms with Gasteiger partial charge >= 0.3 is 17.9 Å². The Bertz CT molecular complexity index is 1160. The lowest BCUT2D eigenvalue weighted by atomic mass is 10.0. The largest absolute Gasteiger partial charge is 0.462 e. The minimum Gasteiger partial charge on any atom is -0.462 e. The van der Waals surface area contributed by atoms with Crippen LogP contribution in [-0.2, 0) is 28.6 Å². The van der Waals surface area contributed by atoms with E-state index in [1.165, 1.54) is 244 Å². The molecular weight excluding hydrogens is 889 g/mol. The Hall–Kier alpha value is -2.11. The van der Waals surface area contributed by atoms with Gasteiger partial charge in [0.05, 0.1) is 0 Å². The number of unbranched alkanes of at least 4 members (excludes halogenated alkanes) is 45. The zero-order valence-electron chi connectivity index (χ0n) is 48.7. The van der Waals surface area contributed by atoms with Crippen molar-refractivity contribution in [3.05, 3.63) is 24.3 Å². The van der Waals surface area contributed by atoms with E-state index in [-0.39, 0.29) is 31.1 Å². The van der Waals surface area contributed by atoms with Crippen molar-refractivity contribution < 1.29 is 28.6 Å². The van der Waals surface area contributed by atoms with Crippen LogP contribution >= 0.6 is 0 Å². The normalized spacial score (nSPS) is 12.1. The number of carbonyl (C=O) groups excluding carboxylic acids is 3. The third-order valence-corrected chi connectivity index (χ3v) is 14.7. The summed E-state index contributed by atoms with van der Waals surface area (Å²) in [7, 11) is 0. The van der Waals surface area contributed by atoms with Crippen LogP contribution in [0.5, 0.6) is 0 Å². The van der Waals surface area contributed by atoms with E-state index in [2.05, 4.69) is 45.1 Å². The molecule has 0 aliphatic rings. The molecule has 0 N–H and O–H groups in total. The third-order valence-electron chi connectivity index (χ3n) is 14.7. The van der Waals surface area contributed by atoms with E-state index in [0.717, 1.165) is 77.0 Å². The highest BCUT2D eigenvalue weighted by Crippen LogP contribution is 2.18. The summed E-state index contributed by atoms with van der Waals surface area (Å²) in [6.45, 7) is 6.68. The molecule has 0 spiro atoms. The number of hydrogen-bond donors (Lipinski definition) is 0. The molecule has 0 saturated heterocycles. The van der Waals surface area contributed by atoms with Gasteiger partial charge in [-0.25, -0.2) is 0 Å². The minimum absolute atomic E-state index is 0.0695. The Kier molecular flexibility index (Phi) is 59.6. The molecule has 0 bridgehead atoms. The second-order valence-corrected chi connectivity index (χ2v) is 22.0. The molecule has 1 unspecified atom stereocenters. The fourth-order valence-corrected chi connectivity index (χ4v) is 9.83. The molecule has 0 saturated carbocycles. The van der Waals surface area contributed by atoms with Crippen molar-refractivity contribution in [3.8, 4) is 0 Å². The molecule has 6 heteroatoms. The summed E-state index contributed by atoms with van der Waals surface area (Å²) in [5.74, 6) is -0.855. The predicted octanol–water partition coefficient (Wildman–Crippen LogP) is 21.8. The lowest BCUT2D eigenvalue weighted by molar-refractivity contribution is -0.167. The standard InChI is InChI=1S/C66H124O6/c1-4-7-10-13-16-19-22-25-28-30-32-34-35-38-41-44-47-50-53-56-59-65(68)71-62-63(61-70-64(67)58-55-52-49-46-43-40-37-27-24-21-18-15-12-9-6-3)72-66(69)60-57-54-51-48-45-42-39-36-33-31-29-26-23-20-17-14-11-8-5-2/h18,21,27,37,63H,4-17,19-20,22-26,28-36,38-62H2,1-3H3/b21-18-,37-27-. The summed E-state index contributed by atoms with van der Waals surface area (Å²) in [6, 6.07) is 0. The van der Waals surface area contributed by atoms with E-state index < -0.39 is 6.10 Å². The highest BCUT2D eigenvalue weighted by Gasteiger charge is 2.19. The van der Waals surface area contributed by atoms with Crippen molar-refractivity contribution in [2.45, 2.75) is 367 Å². The molecule has 0 aromatic rings. The summed E-state index contributed by atoms with van der Waals surface area (Å²) >= 11 is 0. The quantitative estimate of drug-likeness (QED) is 0.0261. The van der Waals surface area contributed by atoms with Crippen molar-refractivity contribution in [2.24, 2.45) is 0 Å². The number of rotatable bonds is 60. The summed E-state index contributed by atoms with van der Waals surface area (Å²) < 4.78 is 16.9. The van der Waals surface area contributed by atoms with Crippen LogP contribution in [0.1, 0.15) is 361 Å². The first-order chi connectivity index (χ1) is 35.5. The number of hydrogen-bond acceptors (Lipinski definition) is 6. The van der Waals surface area contributed by atoms with Gasteiger partial charge in [0.2, 0.25) is 0 Å². The molecule has 6 nitrogen and oxygen atoms in total. The molecule has 0 aliphatic carbocycles. The molecule has 72 heavy (non-hydrogen) atoms. The fourth-order valence-electron chi connectivity index (χ4n) is 9.83. The van der Waals surface area contributed by atoms with Crippen molar-refractivity contribution in [2.75, 3.05) is 13.2 Å². The molecule has 0 rings (SSSR count). The van der Waals surface area contributed by atoms with Gasteiger partial charge in [0.15, 0.2) is 6.10 Å². The maximum Gasteiger partial charge on any atom is 0.306 e. The van der Waals surface area contributed by atoms with Gasteiger partial charge in [-0.15, -0.1) is 0 Å². The number of ether oxygens (including phenoxy) is 3. The maximum atomic E-state index is 12.9.